The van der Waals surface area contributed by atoms with Crippen LogP contribution >= 0.6 is 0 Å². The van der Waals surface area contributed by atoms with Gasteiger partial charge in [-0.15, -0.1) is 0 Å². The lowest BCUT2D eigenvalue weighted by Gasteiger charge is -2.25. The molecule has 4 nitrogen and oxygen atoms in total. The maximum Gasteiger partial charge on any atom is 0.339 e. The third-order valence-electron chi connectivity index (χ3n) is 10.4. The Bertz CT molecular complexity index is 2030. The highest BCUT2D eigenvalue weighted by molar-refractivity contribution is 6.18. The molecule has 5 aromatic carbocycles. The number of aryl methyl sites for hydroxylation is 7. The Balaban J connectivity index is 2.12. The first-order valence-electron chi connectivity index (χ1n) is 17.4. The Morgan fingerprint density at radius 1 is 0.435 bits per heavy atom. The molecule has 0 aliphatic carbocycles. The highest BCUT2D eigenvalue weighted by Crippen LogP contribution is 2.44. The van der Waals surface area contributed by atoms with E-state index >= 15 is 0 Å². The van der Waals surface area contributed by atoms with Crippen molar-refractivity contribution in [2.45, 2.75) is 107 Å². The molecule has 0 N–H and O–H groups in total. The lowest BCUT2D eigenvalue weighted by Crippen LogP contribution is -2.18. The average Bonchev–Trinajstić information content (AvgIpc) is 3.09. The van der Waals surface area contributed by atoms with Gasteiger partial charge in [0.2, 0.25) is 0 Å². The van der Waals surface area contributed by atoms with Gasteiger partial charge in [0.25, 0.3) is 0 Å². The van der Waals surface area contributed by atoms with Crippen LogP contribution in [0, 0.1) is 0 Å². The number of esters is 2. The molecule has 0 atom stereocenters. The van der Waals surface area contributed by atoms with Crippen molar-refractivity contribution in [2.75, 3.05) is 14.2 Å². The summed E-state index contributed by atoms with van der Waals surface area (Å²) < 4.78 is 10.6. The third kappa shape index (κ3) is 4.87. The predicted molar refractivity (Wildman–Crippen MR) is 194 cm³/mol. The minimum atomic E-state index is -0.497. The Kier molecular flexibility index (Phi) is 9.77. The zero-order valence-electron chi connectivity index (χ0n) is 29.6. The molecule has 0 saturated heterocycles. The normalized spacial score (nSPS) is 11.7. The second kappa shape index (κ2) is 13.4. The number of methoxy groups -OCH3 is 2. The third-order valence-corrected chi connectivity index (χ3v) is 10.4. The van der Waals surface area contributed by atoms with E-state index in [2.05, 4.69) is 72.7 Å². The molecule has 0 amide bonds. The van der Waals surface area contributed by atoms with Crippen molar-refractivity contribution in [1.29, 1.82) is 0 Å². The van der Waals surface area contributed by atoms with Crippen LogP contribution in [-0.2, 0) is 60.8 Å². The van der Waals surface area contributed by atoms with E-state index < -0.39 is 11.9 Å². The van der Waals surface area contributed by atoms with Gasteiger partial charge in [0.15, 0.2) is 0 Å². The molecule has 46 heavy (non-hydrogen) atoms. The van der Waals surface area contributed by atoms with Crippen molar-refractivity contribution in [3.8, 4) is 0 Å². The highest BCUT2D eigenvalue weighted by Gasteiger charge is 2.30. The lowest BCUT2D eigenvalue weighted by molar-refractivity contribution is 0.0553. The molecule has 0 spiro atoms. The standard InChI is InChI=1S/C42H50O4/c1-11-23-19-24-20-25-21-26-22-34-29(14-4)39(41(43)45-9)40(42(44)46-10)33(18-8)38(34)32(17-7)37(26)31(16-6)36(25)30(15-5)35(24)28(13-3)27(23)12-2/h19-22H,11-18H2,1-10H3. The van der Waals surface area contributed by atoms with E-state index in [0.29, 0.717) is 24.0 Å². The molecule has 0 heterocycles. The maximum atomic E-state index is 13.4. The van der Waals surface area contributed by atoms with Crippen molar-refractivity contribution >= 4 is 55.0 Å². The van der Waals surface area contributed by atoms with Gasteiger partial charge in [-0.25, -0.2) is 9.59 Å². The second-order valence-corrected chi connectivity index (χ2v) is 12.3. The Morgan fingerprint density at radius 3 is 1.26 bits per heavy atom. The number of carbonyl (C=O) groups is 2. The second-order valence-electron chi connectivity index (χ2n) is 12.3. The van der Waals surface area contributed by atoms with E-state index in [4.69, 9.17) is 9.47 Å². The molecule has 0 saturated carbocycles. The van der Waals surface area contributed by atoms with E-state index in [1.165, 1.54) is 79.9 Å². The lowest BCUT2D eigenvalue weighted by atomic mass is 9.79. The fraction of sp³-hybridized carbons (Fsp3) is 0.429. The summed E-state index contributed by atoms with van der Waals surface area (Å²) in [5, 5.41) is 10.0. The highest BCUT2D eigenvalue weighted by atomic mass is 16.5. The van der Waals surface area contributed by atoms with Crippen LogP contribution in [0.3, 0.4) is 0 Å². The molecule has 0 radical (unpaired) electrons. The van der Waals surface area contributed by atoms with Gasteiger partial charge in [0, 0.05) is 0 Å². The van der Waals surface area contributed by atoms with Crippen molar-refractivity contribution < 1.29 is 19.1 Å². The fourth-order valence-electron chi connectivity index (χ4n) is 8.60. The number of rotatable bonds is 10. The molecule has 0 fully saturated rings. The summed E-state index contributed by atoms with van der Waals surface area (Å²) in [5.74, 6) is -0.987. The van der Waals surface area contributed by atoms with E-state index in [1.807, 2.05) is 6.92 Å². The molecule has 0 unspecified atom stereocenters. The average molecular weight is 619 g/mol. The van der Waals surface area contributed by atoms with Gasteiger partial charge in [0.1, 0.15) is 0 Å². The molecular weight excluding hydrogens is 568 g/mol. The van der Waals surface area contributed by atoms with Crippen LogP contribution in [0.4, 0.5) is 0 Å². The summed E-state index contributed by atoms with van der Waals surface area (Å²) in [6, 6.07) is 9.52. The topological polar surface area (TPSA) is 52.6 Å². The van der Waals surface area contributed by atoms with Crippen LogP contribution in [0.1, 0.15) is 121 Å². The number of ether oxygens (including phenoxy) is 2. The van der Waals surface area contributed by atoms with Crippen molar-refractivity contribution in [3.05, 3.63) is 79.9 Å². The van der Waals surface area contributed by atoms with Crippen LogP contribution in [0.5, 0.6) is 0 Å². The molecule has 0 bridgehead atoms. The number of carbonyl (C=O) groups excluding carboxylic acids is 2. The van der Waals surface area contributed by atoms with Gasteiger partial charge in [-0.3, -0.25) is 0 Å². The van der Waals surface area contributed by atoms with Crippen molar-refractivity contribution in [1.82, 2.24) is 0 Å². The molecule has 0 aliphatic rings. The van der Waals surface area contributed by atoms with Gasteiger partial charge in [-0.2, -0.15) is 0 Å². The monoisotopic (exact) mass is 618 g/mol. The minimum absolute atomic E-state index is 0.337. The number of hydrogen-bond donors (Lipinski definition) is 0. The molecule has 242 valence electrons. The molecule has 0 aliphatic heterocycles. The molecule has 0 aromatic heterocycles. The molecule has 5 aromatic rings. The summed E-state index contributed by atoms with van der Waals surface area (Å²) in [4.78, 5) is 26.8. The number of hydrogen-bond acceptors (Lipinski definition) is 4. The molecule has 5 rings (SSSR count). The van der Waals surface area contributed by atoms with E-state index in [0.717, 1.165) is 60.4 Å². The number of fused-ring (bicyclic) bond motifs is 4. The molecule has 4 heteroatoms. The van der Waals surface area contributed by atoms with E-state index in [1.54, 1.807) is 0 Å². The Labute approximate surface area is 274 Å². The minimum Gasteiger partial charge on any atom is -0.465 e. The maximum absolute atomic E-state index is 13.4. The van der Waals surface area contributed by atoms with Crippen molar-refractivity contribution in [2.24, 2.45) is 0 Å². The van der Waals surface area contributed by atoms with E-state index in [9.17, 15) is 9.59 Å². The summed E-state index contributed by atoms with van der Waals surface area (Å²) in [6.45, 7) is 17.8. The summed E-state index contributed by atoms with van der Waals surface area (Å²) >= 11 is 0. The summed E-state index contributed by atoms with van der Waals surface area (Å²) in [5.41, 5.74) is 10.9. The SMILES string of the molecule is CCc1cc2cc3cc4cc5c(CC)c(C(=O)OC)c(C(=O)OC)c(CC)c5c(CC)c4c(CC)c3c(CC)c2c(CC)c1CC. The summed E-state index contributed by atoms with van der Waals surface area (Å²) in [7, 11) is 2.76. The number of benzene rings is 5. The zero-order chi connectivity index (χ0) is 33.4. The van der Waals surface area contributed by atoms with Gasteiger partial charge >= 0.3 is 11.9 Å². The van der Waals surface area contributed by atoms with Crippen LogP contribution in [0.15, 0.2) is 24.3 Å². The van der Waals surface area contributed by atoms with Crippen LogP contribution in [-0.4, -0.2) is 26.2 Å². The van der Waals surface area contributed by atoms with Crippen LogP contribution in [0.25, 0.3) is 43.1 Å². The predicted octanol–water partition coefficient (Wildman–Crippen LogP) is 10.4. The van der Waals surface area contributed by atoms with Gasteiger partial charge in [-0.05, 0) is 157 Å². The first-order valence-corrected chi connectivity index (χ1v) is 17.4. The Morgan fingerprint density at radius 2 is 0.826 bits per heavy atom. The Hall–Kier alpha value is -3.92. The van der Waals surface area contributed by atoms with Gasteiger partial charge in [-0.1, -0.05) is 61.5 Å². The quantitative estimate of drug-likeness (QED) is 0.115. The van der Waals surface area contributed by atoms with Gasteiger partial charge in [0.05, 0.1) is 25.3 Å². The van der Waals surface area contributed by atoms with Crippen LogP contribution < -0.4 is 0 Å². The first-order chi connectivity index (χ1) is 22.2. The molecular formula is C42H50O4. The fourth-order valence-corrected chi connectivity index (χ4v) is 8.60. The van der Waals surface area contributed by atoms with Crippen molar-refractivity contribution in [3.63, 3.8) is 0 Å². The van der Waals surface area contributed by atoms with E-state index in [-0.39, 0.29) is 0 Å². The zero-order valence-corrected chi connectivity index (χ0v) is 29.6. The van der Waals surface area contributed by atoms with Gasteiger partial charge < -0.3 is 9.47 Å². The smallest absolute Gasteiger partial charge is 0.339 e. The van der Waals surface area contributed by atoms with Crippen LogP contribution in [0.2, 0.25) is 0 Å². The summed E-state index contributed by atoms with van der Waals surface area (Å²) in [6.07, 6.45) is 6.92. The first kappa shape index (κ1) is 33.4. The largest absolute Gasteiger partial charge is 0.465 e.